The van der Waals surface area contributed by atoms with Crippen LogP contribution in [0.5, 0.6) is 5.75 Å². The molecule has 1 aliphatic rings. The van der Waals surface area contributed by atoms with Crippen LogP contribution < -0.4 is 4.74 Å². The maximum absolute atomic E-state index is 5.93. The first-order valence-electron chi connectivity index (χ1n) is 7.13. The molecule has 19 heavy (non-hydrogen) atoms. The second-order valence-electron chi connectivity index (χ2n) is 5.71. The summed E-state index contributed by atoms with van der Waals surface area (Å²) in [6, 6.07) is 7.91. The number of rotatable bonds is 5. The number of hydrogen-bond acceptors (Lipinski definition) is 2. The van der Waals surface area contributed by atoms with Gasteiger partial charge in [0.05, 0.1) is 12.7 Å². The van der Waals surface area contributed by atoms with Crippen LogP contribution in [0, 0.1) is 11.8 Å². The molecule has 2 nitrogen and oxygen atoms in total. The van der Waals surface area contributed by atoms with Crippen LogP contribution in [0.4, 0.5) is 0 Å². The van der Waals surface area contributed by atoms with Crippen LogP contribution in [0.15, 0.2) is 28.7 Å². The van der Waals surface area contributed by atoms with Gasteiger partial charge in [-0.2, -0.15) is 0 Å². The molecule has 0 bridgehead atoms. The highest BCUT2D eigenvalue weighted by Crippen LogP contribution is 2.30. The lowest BCUT2D eigenvalue weighted by molar-refractivity contribution is -0.0107. The van der Waals surface area contributed by atoms with Gasteiger partial charge in [-0.3, -0.25) is 0 Å². The molecule has 0 amide bonds. The minimum atomic E-state index is 0.423. The van der Waals surface area contributed by atoms with Crippen molar-refractivity contribution in [1.29, 1.82) is 0 Å². The smallest absolute Gasteiger partial charge is 0.119 e. The third kappa shape index (κ3) is 5.15. The number of hydrogen-bond donors (Lipinski definition) is 0. The molecule has 2 unspecified atom stereocenters. The Morgan fingerprint density at radius 1 is 1.00 bits per heavy atom. The molecule has 1 aromatic rings. The lowest BCUT2D eigenvalue weighted by Crippen LogP contribution is -2.27. The summed E-state index contributed by atoms with van der Waals surface area (Å²) >= 11 is 3.41. The predicted octanol–water partition coefficient (Wildman–Crippen LogP) is 4.67. The van der Waals surface area contributed by atoms with Crippen molar-refractivity contribution < 1.29 is 9.47 Å². The fraction of sp³-hybridized carbons (Fsp3) is 0.625. The normalized spacial score (nSPS) is 27.2. The van der Waals surface area contributed by atoms with Crippen molar-refractivity contribution in [3.05, 3.63) is 28.7 Å². The van der Waals surface area contributed by atoms with Gasteiger partial charge in [0.15, 0.2) is 0 Å². The van der Waals surface area contributed by atoms with Gasteiger partial charge in [0.2, 0.25) is 0 Å². The minimum Gasteiger partial charge on any atom is -0.491 e. The number of halogens is 1. The van der Waals surface area contributed by atoms with Crippen molar-refractivity contribution in [2.45, 2.75) is 39.2 Å². The van der Waals surface area contributed by atoms with Gasteiger partial charge in [0, 0.05) is 4.47 Å². The second kappa shape index (κ2) is 7.30. The Hall–Kier alpha value is -0.540. The summed E-state index contributed by atoms with van der Waals surface area (Å²) in [4.78, 5) is 0. The van der Waals surface area contributed by atoms with E-state index in [-0.39, 0.29) is 0 Å². The Balaban J connectivity index is 1.65. The van der Waals surface area contributed by atoms with E-state index in [0.717, 1.165) is 22.1 Å². The Morgan fingerprint density at radius 3 is 2.26 bits per heavy atom. The highest BCUT2D eigenvalue weighted by atomic mass is 79.9. The van der Waals surface area contributed by atoms with E-state index < -0.39 is 0 Å². The first-order chi connectivity index (χ1) is 9.13. The number of benzene rings is 1. The van der Waals surface area contributed by atoms with Crippen LogP contribution in [0.2, 0.25) is 0 Å². The van der Waals surface area contributed by atoms with Crippen LogP contribution in [-0.4, -0.2) is 19.3 Å². The van der Waals surface area contributed by atoms with E-state index >= 15 is 0 Å². The molecule has 2 atom stereocenters. The third-order valence-electron chi connectivity index (χ3n) is 3.65. The van der Waals surface area contributed by atoms with Crippen molar-refractivity contribution >= 4 is 15.9 Å². The molecule has 0 heterocycles. The van der Waals surface area contributed by atoms with E-state index in [0.29, 0.717) is 19.3 Å². The average Bonchev–Trinajstić information content (AvgIpc) is 2.36. The Morgan fingerprint density at radius 2 is 1.63 bits per heavy atom. The lowest BCUT2D eigenvalue weighted by Gasteiger charge is -2.31. The molecule has 106 valence electrons. The summed E-state index contributed by atoms with van der Waals surface area (Å²) in [7, 11) is 0. The van der Waals surface area contributed by atoms with Crippen LogP contribution >= 0.6 is 15.9 Å². The van der Waals surface area contributed by atoms with Gasteiger partial charge in [-0.1, -0.05) is 29.8 Å². The quantitative estimate of drug-likeness (QED) is 0.732. The van der Waals surface area contributed by atoms with Crippen molar-refractivity contribution in [2.75, 3.05) is 13.2 Å². The predicted molar refractivity (Wildman–Crippen MR) is 81.6 cm³/mol. The summed E-state index contributed by atoms with van der Waals surface area (Å²) in [5.41, 5.74) is 0. The SMILES string of the molecule is CC1CC(C)CC(OCCOc2ccc(Br)cc2)C1. The molecule has 0 spiro atoms. The standard InChI is InChI=1S/C16H23BrO2/c1-12-9-13(2)11-16(10-12)19-8-7-18-15-5-3-14(17)4-6-15/h3-6,12-13,16H,7-11H2,1-2H3. The maximum atomic E-state index is 5.93. The molecule has 0 radical (unpaired) electrons. The van der Waals surface area contributed by atoms with E-state index in [1.165, 1.54) is 19.3 Å². The minimum absolute atomic E-state index is 0.423. The fourth-order valence-electron chi connectivity index (χ4n) is 2.91. The van der Waals surface area contributed by atoms with Gasteiger partial charge in [-0.05, 0) is 55.4 Å². The molecule has 1 aliphatic carbocycles. The van der Waals surface area contributed by atoms with E-state index in [9.17, 15) is 0 Å². The third-order valence-corrected chi connectivity index (χ3v) is 4.18. The van der Waals surface area contributed by atoms with Gasteiger partial charge >= 0.3 is 0 Å². The summed E-state index contributed by atoms with van der Waals surface area (Å²) in [5.74, 6) is 2.49. The summed E-state index contributed by atoms with van der Waals surface area (Å²) in [6.45, 7) is 5.95. The molecule has 3 heteroatoms. The maximum Gasteiger partial charge on any atom is 0.119 e. The van der Waals surface area contributed by atoms with Gasteiger partial charge in [-0.15, -0.1) is 0 Å². The van der Waals surface area contributed by atoms with Crippen LogP contribution in [0.3, 0.4) is 0 Å². The fourth-order valence-corrected chi connectivity index (χ4v) is 3.18. The molecular formula is C16H23BrO2. The molecule has 0 saturated heterocycles. The van der Waals surface area contributed by atoms with Gasteiger partial charge < -0.3 is 9.47 Å². The van der Waals surface area contributed by atoms with Crippen molar-refractivity contribution in [3.63, 3.8) is 0 Å². The lowest BCUT2D eigenvalue weighted by atomic mass is 9.82. The zero-order valence-electron chi connectivity index (χ0n) is 11.8. The molecule has 2 rings (SSSR count). The first-order valence-corrected chi connectivity index (χ1v) is 7.92. The van der Waals surface area contributed by atoms with Gasteiger partial charge in [-0.25, -0.2) is 0 Å². The second-order valence-corrected chi connectivity index (χ2v) is 6.63. The highest BCUT2D eigenvalue weighted by Gasteiger charge is 2.24. The van der Waals surface area contributed by atoms with Gasteiger partial charge in [0.25, 0.3) is 0 Å². The molecule has 0 N–H and O–H groups in total. The van der Waals surface area contributed by atoms with E-state index in [2.05, 4.69) is 29.8 Å². The Labute approximate surface area is 124 Å². The molecule has 0 aromatic heterocycles. The van der Waals surface area contributed by atoms with Crippen LogP contribution in [0.1, 0.15) is 33.1 Å². The topological polar surface area (TPSA) is 18.5 Å². The number of ether oxygens (including phenoxy) is 2. The molecule has 0 aliphatic heterocycles. The van der Waals surface area contributed by atoms with Crippen LogP contribution in [-0.2, 0) is 4.74 Å². The molecular weight excluding hydrogens is 304 g/mol. The van der Waals surface area contributed by atoms with Crippen LogP contribution in [0.25, 0.3) is 0 Å². The first kappa shape index (κ1) is 14.9. The molecule has 1 fully saturated rings. The van der Waals surface area contributed by atoms with Crippen molar-refractivity contribution in [2.24, 2.45) is 11.8 Å². The van der Waals surface area contributed by atoms with Crippen molar-refractivity contribution in [1.82, 2.24) is 0 Å². The zero-order chi connectivity index (χ0) is 13.7. The zero-order valence-corrected chi connectivity index (χ0v) is 13.4. The van der Waals surface area contributed by atoms with E-state index in [1.54, 1.807) is 0 Å². The summed E-state index contributed by atoms with van der Waals surface area (Å²) in [6.07, 6.45) is 4.16. The monoisotopic (exact) mass is 326 g/mol. The van der Waals surface area contributed by atoms with E-state index in [1.807, 2.05) is 24.3 Å². The van der Waals surface area contributed by atoms with Crippen molar-refractivity contribution in [3.8, 4) is 5.75 Å². The molecule has 1 aromatic carbocycles. The molecule has 1 saturated carbocycles. The summed E-state index contributed by atoms with van der Waals surface area (Å²) < 4.78 is 12.7. The Bertz CT molecular complexity index is 367. The van der Waals surface area contributed by atoms with E-state index in [4.69, 9.17) is 9.47 Å². The average molecular weight is 327 g/mol. The largest absolute Gasteiger partial charge is 0.491 e. The highest BCUT2D eigenvalue weighted by molar-refractivity contribution is 9.10. The summed E-state index contributed by atoms with van der Waals surface area (Å²) in [5, 5.41) is 0. The Kier molecular flexibility index (Phi) is 5.71. The van der Waals surface area contributed by atoms with Gasteiger partial charge in [0.1, 0.15) is 12.4 Å².